The smallest absolute Gasteiger partial charge is 0.359 e. The third-order valence-electron chi connectivity index (χ3n) is 5.32. The van der Waals surface area contributed by atoms with Crippen LogP contribution in [0.5, 0.6) is 0 Å². The van der Waals surface area contributed by atoms with E-state index >= 15 is 0 Å². The van der Waals surface area contributed by atoms with E-state index in [1.807, 2.05) is 18.2 Å². The van der Waals surface area contributed by atoms with Crippen LogP contribution in [0, 0.1) is 0 Å². The van der Waals surface area contributed by atoms with E-state index in [2.05, 4.69) is 12.2 Å². The summed E-state index contributed by atoms with van der Waals surface area (Å²) in [6.45, 7) is 2.86. The van der Waals surface area contributed by atoms with Gasteiger partial charge in [0, 0.05) is 17.9 Å². The molecule has 1 atom stereocenters. The van der Waals surface area contributed by atoms with Gasteiger partial charge in [0.1, 0.15) is 0 Å². The van der Waals surface area contributed by atoms with Gasteiger partial charge in [-0.1, -0.05) is 37.6 Å². The van der Waals surface area contributed by atoms with Gasteiger partial charge < -0.3 is 30.3 Å². The Labute approximate surface area is 193 Å². The molecule has 0 aliphatic rings. The van der Waals surface area contributed by atoms with Crippen molar-refractivity contribution in [2.24, 2.45) is 0 Å². The fraction of sp³-hybridized carbons (Fsp3) is 0.304. The summed E-state index contributed by atoms with van der Waals surface area (Å²) in [4.78, 5) is 29.7. The van der Waals surface area contributed by atoms with Gasteiger partial charge >= 0.3 is 15.2 Å². The third-order valence-corrected chi connectivity index (χ3v) is 7.87. The first-order valence-corrected chi connectivity index (χ1v) is 14.0. The molecule has 33 heavy (non-hydrogen) atoms. The van der Waals surface area contributed by atoms with Crippen LogP contribution >= 0.6 is 15.2 Å². The number of hydrogen-bond acceptors (Lipinski definition) is 5. The third kappa shape index (κ3) is 6.45. The zero-order chi connectivity index (χ0) is 24.1. The normalized spacial score (nSPS) is 13.7. The Morgan fingerprint density at radius 2 is 1.61 bits per heavy atom. The Morgan fingerprint density at radius 3 is 2.27 bits per heavy atom. The predicted molar refractivity (Wildman–Crippen MR) is 134 cm³/mol. The summed E-state index contributed by atoms with van der Waals surface area (Å²) < 4.78 is 30.0. The van der Waals surface area contributed by atoms with E-state index in [1.165, 1.54) is 30.3 Å². The van der Waals surface area contributed by atoms with E-state index in [0.717, 1.165) is 36.2 Å². The number of rotatable bonds is 11. The number of nitrogen functional groups attached to an aromatic ring is 1. The second-order valence-electron chi connectivity index (χ2n) is 7.84. The summed E-state index contributed by atoms with van der Waals surface area (Å²) in [5, 5.41) is 3.69. The lowest BCUT2D eigenvalue weighted by Gasteiger charge is -2.16. The molecule has 3 aromatic carbocycles. The highest BCUT2D eigenvalue weighted by Crippen LogP contribution is 2.44. The monoisotopic (exact) mass is 492 g/mol. The molecule has 0 fully saturated rings. The van der Waals surface area contributed by atoms with Crippen molar-refractivity contribution in [1.82, 2.24) is 0 Å². The summed E-state index contributed by atoms with van der Waals surface area (Å²) in [5.74, 6) is 0. The maximum atomic E-state index is 12.9. The number of aryl methyl sites for hydroxylation is 1. The minimum atomic E-state index is -4.53. The van der Waals surface area contributed by atoms with Crippen molar-refractivity contribution in [2.75, 3.05) is 24.2 Å². The van der Waals surface area contributed by atoms with Gasteiger partial charge in [-0.05, 0) is 65.9 Å². The Bertz CT molecular complexity index is 1210. The van der Waals surface area contributed by atoms with Gasteiger partial charge in [-0.3, -0.25) is 9.13 Å². The first-order chi connectivity index (χ1) is 15.6. The van der Waals surface area contributed by atoms with Crippen molar-refractivity contribution in [2.45, 2.75) is 32.6 Å². The summed E-state index contributed by atoms with van der Waals surface area (Å²) in [6, 6.07) is 14.6. The first kappa shape index (κ1) is 25.4. The van der Waals surface area contributed by atoms with Gasteiger partial charge in [-0.2, -0.15) is 0 Å². The van der Waals surface area contributed by atoms with Crippen LogP contribution in [0.1, 0.15) is 31.7 Å². The van der Waals surface area contributed by atoms with E-state index in [4.69, 9.17) is 10.3 Å². The van der Waals surface area contributed by atoms with Crippen LogP contribution in [-0.4, -0.2) is 27.8 Å². The average Bonchev–Trinajstić information content (AvgIpc) is 2.76. The van der Waals surface area contributed by atoms with Crippen molar-refractivity contribution in [3.63, 3.8) is 0 Å². The predicted octanol–water partition coefficient (Wildman–Crippen LogP) is 3.90. The summed E-state index contributed by atoms with van der Waals surface area (Å²) in [6.07, 6.45) is 3.23. The van der Waals surface area contributed by atoms with Crippen molar-refractivity contribution < 1.29 is 28.3 Å². The van der Waals surface area contributed by atoms with E-state index in [-0.39, 0.29) is 28.0 Å². The van der Waals surface area contributed by atoms with Crippen molar-refractivity contribution in [3.8, 4) is 0 Å². The SMILES string of the molecule is CCCc1cc(NCCCCOP(=O)(O)c2cccc3c(P(=O)(O)O)cccc23)ccc1N. The van der Waals surface area contributed by atoms with E-state index in [1.54, 1.807) is 6.07 Å². The standard InChI is InChI=1S/C23H30N2O6P2/c1-2-7-17-16-18(12-13-21(17)24)25-14-3-4-15-31-33(29,30)23-11-6-8-19-20(23)9-5-10-22(19)32(26,27)28/h5-6,8-13,16,25H,2-4,7,14-15,24H2,1H3,(H,29,30)(H2,26,27,28). The Morgan fingerprint density at radius 1 is 0.939 bits per heavy atom. The quantitative estimate of drug-likeness (QED) is 0.154. The van der Waals surface area contributed by atoms with Crippen LogP contribution in [0.2, 0.25) is 0 Å². The second kappa shape index (κ2) is 10.8. The zero-order valence-electron chi connectivity index (χ0n) is 18.5. The summed E-state index contributed by atoms with van der Waals surface area (Å²) in [7, 11) is -8.71. The molecule has 0 aliphatic carbocycles. The second-order valence-corrected chi connectivity index (χ2v) is 11.2. The Kier molecular flexibility index (Phi) is 8.35. The lowest BCUT2D eigenvalue weighted by molar-refractivity contribution is 0.264. The summed E-state index contributed by atoms with van der Waals surface area (Å²) in [5.41, 5.74) is 8.88. The topological polar surface area (TPSA) is 142 Å². The number of hydrogen-bond donors (Lipinski definition) is 5. The van der Waals surface area contributed by atoms with Crippen LogP contribution in [0.25, 0.3) is 10.8 Å². The lowest BCUT2D eigenvalue weighted by atomic mass is 10.1. The molecule has 0 saturated carbocycles. The van der Waals surface area contributed by atoms with Crippen LogP contribution in [0.3, 0.4) is 0 Å². The number of benzene rings is 3. The molecule has 0 aliphatic heterocycles. The van der Waals surface area contributed by atoms with Gasteiger partial charge in [0.05, 0.1) is 17.2 Å². The molecule has 3 rings (SSSR count). The molecule has 1 unspecified atom stereocenters. The van der Waals surface area contributed by atoms with Gasteiger partial charge in [-0.15, -0.1) is 0 Å². The maximum Gasteiger partial charge on any atom is 0.359 e. The number of nitrogens with two attached hydrogens (primary N) is 1. The fourth-order valence-electron chi connectivity index (χ4n) is 3.70. The number of anilines is 2. The molecule has 0 bridgehead atoms. The summed E-state index contributed by atoms with van der Waals surface area (Å²) >= 11 is 0. The van der Waals surface area contributed by atoms with Gasteiger partial charge in [0.25, 0.3) is 0 Å². The molecule has 10 heteroatoms. The molecular formula is C23H30N2O6P2. The molecule has 6 N–H and O–H groups in total. The molecule has 0 aromatic heterocycles. The molecule has 0 saturated heterocycles. The first-order valence-electron chi connectivity index (χ1n) is 10.8. The van der Waals surface area contributed by atoms with E-state index in [0.29, 0.717) is 13.0 Å². The van der Waals surface area contributed by atoms with Crippen molar-refractivity contribution in [1.29, 1.82) is 0 Å². The largest absolute Gasteiger partial charge is 0.399 e. The molecule has 0 amide bonds. The molecule has 178 valence electrons. The highest BCUT2D eigenvalue weighted by Gasteiger charge is 2.27. The minimum absolute atomic E-state index is 0.0266. The van der Waals surface area contributed by atoms with Crippen LogP contribution in [-0.2, 0) is 20.1 Å². The number of unbranched alkanes of at least 4 members (excludes halogenated alkanes) is 1. The van der Waals surface area contributed by atoms with E-state index in [9.17, 15) is 23.8 Å². The molecule has 0 spiro atoms. The number of nitrogens with one attached hydrogen (secondary N) is 1. The molecule has 0 heterocycles. The highest BCUT2D eigenvalue weighted by molar-refractivity contribution is 7.62. The van der Waals surface area contributed by atoms with Gasteiger partial charge in [-0.25, -0.2) is 0 Å². The van der Waals surface area contributed by atoms with Gasteiger partial charge in [0.15, 0.2) is 0 Å². The molecule has 0 radical (unpaired) electrons. The Hall–Kier alpha value is -2.18. The van der Waals surface area contributed by atoms with Crippen LogP contribution in [0.4, 0.5) is 11.4 Å². The maximum absolute atomic E-state index is 12.9. The van der Waals surface area contributed by atoms with Crippen molar-refractivity contribution >= 4 is 47.9 Å². The molecule has 3 aromatic rings. The molecular weight excluding hydrogens is 462 g/mol. The molecule has 8 nitrogen and oxygen atoms in total. The Balaban J connectivity index is 1.58. The fourth-order valence-corrected chi connectivity index (χ4v) is 5.77. The number of fused-ring (bicyclic) bond motifs is 1. The lowest BCUT2D eigenvalue weighted by Crippen LogP contribution is -2.13. The zero-order valence-corrected chi connectivity index (χ0v) is 20.3. The highest BCUT2D eigenvalue weighted by atomic mass is 31.2. The van der Waals surface area contributed by atoms with Crippen molar-refractivity contribution in [3.05, 3.63) is 60.2 Å². The minimum Gasteiger partial charge on any atom is -0.399 e. The van der Waals surface area contributed by atoms with Crippen LogP contribution in [0.15, 0.2) is 54.6 Å². The average molecular weight is 492 g/mol. The van der Waals surface area contributed by atoms with E-state index < -0.39 is 15.2 Å². The van der Waals surface area contributed by atoms with Gasteiger partial charge in [0.2, 0.25) is 0 Å². The van der Waals surface area contributed by atoms with Crippen LogP contribution < -0.4 is 21.7 Å².